The summed E-state index contributed by atoms with van der Waals surface area (Å²) in [4.78, 5) is 10.1. The Labute approximate surface area is 95.5 Å². The molecule has 1 aromatic carbocycles. The first kappa shape index (κ1) is 11.1. The molecule has 0 atom stereocenters. The molecule has 4 nitrogen and oxygen atoms in total. The molecule has 0 fully saturated rings. The Morgan fingerprint density at radius 2 is 2.19 bits per heavy atom. The summed E-state index contributed by atoms with van der Waals surface area (Å²) in [5, 5.41) is 0. The van der Waals surface area contributed by atoms with Crippen LogP contribution in [-0.2, 0) is 13.0 Å². The number of nitrogens with two attached hydrogens (primary N) is 1. The van der Waals surface area contributed by atoms with Crippen molar-refractivity contribution in [2.75, 3.05) is 20.6 Å². The summed E-state index contributed by atoms with van der Waals surface area (Å²) in [5.74, 6) is 1.03. The molecule has 3 N–H and O–H groups in total. The molecule has 1 aromatic heterocycles. The smallest absolute Gasteiger partial charge is 0.108 e. The number of nitrogens with one attached hydrogen (secondary N) is 1. The number of aromatic amines is 1. The second kappa shape index (κ2) is 4.63. The third-order valence-electron chi connectivity index (χ3n) is 2.66. The van der Waals surface area contributed by atoms with Gasteiger partial charge in [-0.2, -0.15) is 0 Å². The minimum atomic E-state index is 0.537. The number of likely N-dealkylation sites (N-methyl/N-ethyl adjacent to an activating group) is 1. The van der Waals surface area contributed by atoms with Crippen molar-refractivity contribution >= 4 is 11.0 Å². The minimum Gasteiger partial charge on any atom is -0.342 e. The first-order valence-electron chi connectivity index (χ1n) is 5.52. The van der Waals surface area contributed by atoms with E-state index in [9.17, 15) is 0 Å². The van der Waals surface area contributed by atoms with Crippen LogP contribution in [0.4, 0.5) is 0 Å². The molecule has 1 heterocycles. The lowest BCUT2D eigenvalue weighted by Crippen LogP contribution is -2.15. The molecule has 0 unspecified atom stereocenters. The molecule has 0 amide bonds. The minimum absolute atomic E-state index is 0.537. The van der Waals surface area contributed by atoms with E-state index in [0.29, 0.717) is 6.54 Å². The van der Waals surface area contributed by atoms with Crippen LogP contribution >= 0.6 is 0 Å². The zero-order valence-electron chi connectivity index (χ0n) is 9.83. The van der Waals surface area contributed by atoms with Crippen molar-refractivity contribution in [2.24, 2.45) is 5.73 Å². The molecule has 0 aliphatic rings. The quantitative estimate of drug-likeness (QED) is 0.808. The Hall–Kier alpha value is -1.39. The Balaban J connectivity index is 2.29. The van der Waals surface area contributed by atoms with E-state index in [1.165, 1.54) is 0 Å². The first-order chi connectivity index (χ1) is 7.70. The largest absolute Gasteiger partial charge is 0.342 e. The predicted octanol–water partition coefficient (Wildman–Crippen LogP) is 1.13. The molecule has 0 saturated carbocycles. The van der Waals surface area contributed by atoms with Gasteiger partial charge in [0.2, 0.25) is 0 Å². The average molecular weight is 218 g/mol. The third-order valence-corrected chi connectivity index (χ3v) is 2.66. The molecule has 0 saturated heterocycles. The highest BCUT2D eigenvalue weighted by Gasteiger charge is 2.06. The van der Waals surface area contributed by atoms with Crippen molar-refractivity contribution in [3.63, 3.8) is 0 Å². The van der Waals surface area contributed by atoms with Gasteiger partial charge < -0.3 is 15.6 Å². The Kier molecular flexibility index (Phi) is 3.22. The van der Waals surface area contributed by atoms with E-state index in [1.54, 1.807) is 0 Å². The van der Waals surface area contributed by atoms with Crippen LogP contribution in [0.1, 0.15) is 11.4 Å². The fourth-order valence-electron chi connectivity index (χ4n) is 1.76. The highest BCUT2D eigenvalue weighted by Crippen LogP contribution is 2.16. The van der Waals surface area contributed by atoms with Gasteiger partial charge >= 0.3 is 0 Å². The summed E-state index contributed by atoms with van der Waals surface area (Å²) < 4.78 is 0. The topological polar surface area (TPSA) is 57.9 Å². The van der Waals surface area contributed by atoms with E-state index in [0.717, 1.165) is 35.4 Å². The SMILES string of the molecule is CN(C)CCc1nc2c(CN)cccc2[nH]1. The van der Waals surface area contributed by atoms with Gasteiger partial charge in [-0.3, -0.25) is 0 Å². The molecular weight excluding hydrogens is 200 g/mol. The van der Waals surface area contributed by atoms with Crippen LogP contribution < -0.4 is 5.73 Å². The summed E-state index contributed by atoms with van der Waals surface area (Å²) in [6, 6.07) is 6.08. The molecule has 16 heavy (non-hydrogen) atoms. The third kappa shape index (κ3) is 2.23. The number of benzene rings is 1. The van der Waals surface area contributed by atoms with E-state index < -0.39 is 0 Å². The van der Waals surface area contributed by atoms with Crippen molar-refractivity contribution in [2.45, 2.75) is 13.0 Å². The van der Waals surface area contributed by atoms with Crippen molar-refractivity contribution in [1.29, 1.82) is 0 Å². The van der Waals surface area contributed by atoms with Crippen molar-refractivity contribution in [3.05, 3.63) is 29.6 Å². The maximum Gasteiger partial charge on any atom is 0.108 e. The summed E-state index contributed by atoms with van der Waals surface area (Å²) in [6.45, 7) is 1.53. The molecule has 0 spiro atoms. The van der Waals surface area contributed by atoms with Crippen molar-refractivity contribution in [1.82, 2.24) is 14.9 Å². The molecule has 2 aromatic rings. The lowest BCUT2D eigenvalue weighted by molar-refractivity contribution is 0.410. The number of para-hydroxylation sites is 1. The van der Waals surface area contributed by atoms with E-state index in [4.69, 9.17) is 5.73 Å². The number of imidazole rings is 1. The summed E-state index contributed by atoms with van der Waals surface area (Å²) in [7, 11) is 4.13. The molecule has 0 bridgehead atoms. The molecule has 2 rings (SSSR count). The first-order valence-corrected chi connectivity index (χ1v) is 5.52. The van der Waals surface area contributed by atoms with Crippen LogP contribution in [0.2, 0.25) is 0 Å². The summed E-state index contributed by atoms with van der Waals surface area (Å²) in [6.07, 6.45) is 0.936. The number of H-pyrrole nitrogens is 1. The second-order valence-electron chi connectivity index (χ2n) is 4.25. The van der Waals surface area contributed by atoms with Crippen molar-refractivity contribution < 1.29 is 0 Å². The molecular formula is C12H18N4. The fourth-order valence-corrected chi connectivity index (χ4v) is 1.76. The monoisotopic (exact) mass is 218 g/mol. The number of aromatic nitrogens is 2. The predicted molar refractivity (Wildman–Crippen MR) is 66.2 cm³/mol. The van der Waals surface area contributed by atoms with E-state index >= 15 is 0 Å². The van der Waals surface area contributed by atoms with Gasteiger partial charge in [-0.15, -0.1) is 0 Å². The molecule has 0 radical (unpaired) electrons. The van der Waals surface area contributed by atoms with Gasteiger partial charge in [-0.05, 0) is 25.7 Å². The maximum absolute atomic E-state index is 5.69. The van der Waals surface area contributed by atoms with Gasteiger partial charge in [0, 0.05) is 19.5 Å². The van der Waals surface area contributed by atoms with Gasteiger partial charge in [0.1, 0.15) is 5.82 Å². The Bertz CT molecular complexity index is 473. The fraction of sp³-hybridized carbons (Fsp3) is 0.417. The van der Waals surface area contributed by atoms with E-state index in [2.05, 4.69) is 29.0 Å². The Morgan fingerprint density at radius 1 is 1.38 bits per heavy atom. The van der Waals surface area contributed by atoms with Crippen molar-refractivity contribution in [3.8, 4) is 0 Å². The number of fused-ring (bicyclic) bond motifs is 1. The molecule has 0 aliphatic carbocycles. The van der Waals surface area contributed by atoms with Crippen LogP contribution in [0.5, 0.6) is 0 Å². The van der Waals surface area contributed by atoms with Crippen LogP contribution in [0.3, 0.4) is 0 Å². The van der Waals surface area contributed by atoms with Gasteiger partial charge in [-0.25, -0.2) is 4.98 Å². The van der Waals surface area contributed by atoms with E-state index in [-0.39, 0.29) is 0 Å². The highest BCUT2D eigenvalue weighted by atomic mass is 15.1. The van der Waals surface area contributed by atoms with Crippen LogP contribution in [-0.4, -0.2) is 35.5 Å². The summed E-state index contributed by atoms with van der Waals surface area (Å²) >= 11 is 0. The molecule has 4 heteroatoms. The van der Waals surface area contributed by atoms with E-state index in [1.807, 2.05) is 18.2 Å². The Morgan fingerprint density at radius 3 is 2.88 bits per heavy atom. The molecule has 86 valence electrons. The lowest BCUT2D eigenvalue weighted by atomic mass is 10.2. The summed E-state index contributed by atoms with van der Waals surface area (Å²) in [5.41, 5.74) is 8.88. The van der Waals surface area contributed by atoms with Crippen LogP contribution in [0.15, 0.2) is 18.2 Å². The van der Waals surface area contributed by atoms with Crippen LogP contribution in [0.25, 0.3) is 11.0 Å². The second-order valence-corrected chi connectivity index (χ2v) is 4.25. The number of nitrogens with zero attached hydrogens (tertiary/aromatic N) is 2. The normalized spacial score (nSPS) is 11.5. The number of rotatable bonds is 4. The van der Waals surface area contributed by atoms with Crippen LogP contribution in [0, 0.1) is 0 Å². The van der Waals surface area contributed by atoms with Gasteiger partial charge in [0.05, 0.1) is 11.0 Å². The van der Waals surface area contributed by atoms with Gasteiger partial charge in [0.25, 0.3) is 0 Å². The highest BCUT2D eigenvalue weighted by molar-refractivity contribution is 5.78. The van der Waals surface area contributed by atoms with Gasteiger partial charge in [-0.1, -0.05) is 12.1 Å². The van der Waals surface area contributed by atoms with Gasteiger partial charge in [0.15, 0.2) is 0 Å². The standard InChI is InChI=1S/C12H18N4/c1-16(2)7-6-11-14-10-5-3-4-9(8-13)12(10)15-11/h3-5H,6-8,13H2,1-2H3,(H,14,15). The maximum atomic E-state index is 5.69. The zero-order valence-corrected chi connectivity index (χ0v) is 9.83. The average Bonchev–Trinajstić information content (AvgIpc) is 2.68. The lowest BCUT2D eigenvalue weighted by Gasteiger charge is -2.06. The zero-order chi connectivity index (χ0) is 11.5. The number of hydrogen-bond acceptors (Lipinski definition) is 3. The molecule has 0 aliphatic heterocycles. The number of hydrogen-bond donors (Lipinski definition) is 2.